The number of rotatable bonds is 8. The third-order valence-electron chi connectivity index (χ3n) is 4.19. The standard InChI is InChI=1S/C15H23N3O2S/c1-2-8-17-13-7-9-16-10-14(13)21(19,20)18-15(11-3-4-11)12-5-6-12/h7,9-12,15,18H,2-6,8H2,1H3,(H,16,17). The van der Waals surface area contributed by atoms with Crippen molar-refractivity contribution in [3.63, 3.8) is 0 Å². The molecule has 1 aromatic heterocycles. The second-order valence-electron chi connectivity index (χ2n) is 6.12. The maximum absolute atomic E-state index is 12.7. The average molecular weight is 309 g/mol. The molecule has 0 spiro atoms. The predicted octanol–water partition coefficient (Wildman–Crippen LogP) is 2.37. The molecular weight excluding hydrogens is 286 g/mol. The highest BCUT2D eigenvalue weighted by molar-refractivity contribution is 7.89. The van der Waals surface area contributed by atoms with Crippen LogP contribution in [0, 0.1) is 11.8 Å². The molecule has 0 amide bonds. The molecule has 2 aliphatic rings. The van der Waals surface area contributed by atoms with Gasteiger partial charge >= 0.3 is 0 Å². The first-order chi connectivity index (χ1) is 10.1. The highest BCUT2D eigenvalue weighted by Gasteiger charge is 2.43. The predicted molar refractivity (Wildman–Crippen MR) is 82.6 cm³/mol. The van der Waals surface area contributed by atoms with Gasteiger partial charge in [-0.3, -0.25) is 4.98 Å². The van der Waals surface area contributed by atoms with E-state index in [1.54, 1.807) is 12.3 Å². The summed E-state index contributed by atoms with van der Waals surface area (Å²) in [5.74, 6) is 1.08. The van der Waals surface area contributed by atoms with Gasteiger partial charge in [-0.1, -0.05) is 6.92 Å². The zero-order valence-electron chi connectivity index (χ0n) is 12.4. The van der Waals surface area contributed by atoms with Crippen molar-refractivity contribution in [1.29, 1.82) is 0 Å². The fourth-order valence-corrected chi connectivity index (χ4v) is 4.23. The topological polar surface area (TPSA) is 71.1 Å². The molecule has 6 heteroatoms. The van der Waals surface area contributed by atoms with Gasteiger partial charge in [0.1, 0.15) is 4.90 Å². The van der Waals surface area contributed by atoms with Crippen molar-refractivity contribution in [2.45, 2.75) is 50.0 Å². The Labute approximate surface area is 126 Å². The number of hydrogen-bond donors (Lipinski definition) is 2. The summed E-state index contributed by atoms with van der Waals surface area (Å²) >= 11 is 0. The van der Waals surface area contributed by atoms with Crippen LogP contribution in [-0.2, 0) is 10.0 Å². The molecule has 1 aromatic rings. The van der Waals surface area contributed by atoms with Gasteiger partial charge in [-0.25, -0.2) is 13.1 Å². The largest absolute Gasteiger partial charge is 0.384 e. The second kappa shape index (κ2) is 5.93. The molecule has 0 unspecified atom stereocenters. The van der Waals surface area contributed by atoms with Crippen molar-refractivity contribution >= 4 is 15.7 Å². The van der Waals surface area contributed by atoms with Gasteiger partial charge in [0.15, 0.2) is 0 Å². The maximum atomic E-state index is 12.7. The molecule has 2 fully saturated rings. The lowest BCUT2D eigenvalue weighted by molar-refractivity contribution is 0.471. The number of aromatic nitrogens is 1. The fourth-order valence-electron chi connectivity index (χ4n) is 2.73. The number of nitrogens with zero attached hydrogens (tertiary/aromatic N) is 1. The van der Waals surface area contributed by atoms with Gasteiger partial charge in [0, 0.05) is 25.0 Å². The number of nitrogens with one attached hydrogen (secondary N) is 2. The van der Waals surface area contributed by atoms with Crippen molar-refractivity contribution in [3.05, 3.63) is 18.5 Å². The quantitative estimate of drug-likeness (QED) is 0.773. The van der Waals surface area contributed by atoms with Crippen molar-refractivity contribution in [1.82, 2.24) is 9.71 Å². The number of hydrogen-bond acceptors (Lipinski definition) is 4. The van der Waals surface area contributed by atoms with Gasteiger partial charge in [-0.15, -0.1) is 0 Å². The zero-order valence-corrected chi connectivity index (χ0v) is 13.2. The fraction of sp³-hybridized carbons (Fsp3) is 0.667. The lowest BCUT2D eigenvalue weighted by Crippen LogP contribution is -2.38. The summed E-state index contributed by atoms with van der Waals surface area (Å²) in [7, 11) is -3.51. The molecule has 0 atom stereocenters. The molecule has 3 rings (SSSR count). The Morgan fingerprint density at radius 1 is 1.29 bits per heavy atom. The van der Waals surface area contributed by atoms with Crippen LogP contribution in [0.2, 0.25) is 0 Å². The Hall–Kier alpha value is -1.14. The summed E-state index contributed by atoms with van der Waals surface area (Å²) in [6, 6.07) is 1.85. The number of anilines is 1. The highest BCUT2D eigenvalue weighted by Crippen LogP contribution is 2.45. The zero-order chi connectivity index (χ0) is 14.9. The van der Waals surface area contributed by atoms with Gasteiger partial charge in [0.25, 0.3) is 0 Å². The molecule has 21 heavy (non-hydrogen) atoms. The van der Waals surface area contributed by atoms with E-state index in [2.05, 4.69) is 21.9 Å². The first kappa shape index (κ1) is 14.8. The van der Waals surface area contributed by atoms with Crippen LogP contribution in [0.1, 0.15) is 39.0 Å². The van der Waals surface area contributed by atoms with Crippen molar-refractivity contribution in [2.24, 2.45) is 11.8 Å². The van der Waals surface area contributed by atoms with Gasteiger partial charge in [0.2, 0.25) is 10.0 Å². The monoisotopic (exact) mass is 309 g/mol. The molecule has 0 radical (unpaired) electrons. The lowest BCUT2D eigenvalue weighted by Gasteiger charge is -2.19. The van der Waals surface area contributed by atoms with E-state index < -0.39 is 10.0 Å². The Kier molecular flexibility index (Phi) is 4.17. The van der Waals surface area contributed by atoms with Crippen LogP contribution in [0.25, 0.3) is 0 Å². The molecular formula is C15H23N3O2S. The van der Waals surface area contributed by atoms with Crippen molar-refractivity contribution in [2.75, 3.05) is 11.9 Å². The van der Waals surface area contributed by atoms with Crippen LogP contribution in [0.5, 0.6) is 0 Å². The molecule has 2 N–H and O–H groups in total. The van der Waals surface area contributed by atoms with Crippen LogP contribution < -0.4 is 10.0 Å². The summed E-state index contributed by atoms with van der Waals surface area (Å²) < 4.78 is 28.3. The molecule has 0 bridgehead atoms. The lowest BCUT2D eigenvalue weighted by atomic mass is 10.1. The molecule has 0 aliphatic heterocycles. The normalized spacial score (nSPS) is 19.0. The average Bonchev–Trinajstić information content (AvgIpc) is 3.36. The molecule has 1 heterocycles. The van der Waals surface area contributed by atoms with E-state index >= 15 is 0 Å². The third kappa shape index (κ3) is 3.55. The molecule has 2 saturated carbocycles. The minimum absolute atomic E-state index is 0.120. The van der Waals surface area contributed by atoms with E-state index in [1.807, 2.05) is 0 Å². The smallest absolute Gasteiger partial charge is 0.244 e. The van der Waals surface area contributed by atoms with Gasteiger partial charge in [-0.05, 0) is 50.0 Å². The van der Waals surface area contributed by atoms with Gasteiger partial charge in [-0.2, -0.15) is 0 Å². The first-order valence-electron chi connectivity index (χ1n) is 7.82. The Morgan fingerprint density at radius 2 is 1.95 bits per heavy atom. The molecule has 5 nitrogen and oxygen atoms in total. The van der Waals surface area contributed by atoms with Crippen LogP contribution >= 0.6 is 0 Å². The minimum Gasteiger partial charge on any atom is -0.384 e. The molecule has 116 valence electrons. The van der Waals surface area contributed by atoms with E-state index in [-0.39, 0.29) is 10.9 Å². The Balaban J connectivity index is 1.80. The van der Waals surface area contributed by atoms with Crippen LogP contribution in [0.15, 0.2) is 23.4 Å². The third-order valence-corrected chi connectivity index (χ3v) is 5.68. The van der Waals surface area contributed by atoms with Crippen molar-refractivity contribution < 1.29 is 8.42 Å². The van der Waals surface area contributed by atoms with Gasteiger partial charge in [0.05, 0.1) is 5.69 Å². The molecule has 2 aliphatic carbocycles. The van der Waals surface area contributed by atoms with Crippen LogP contribution in [0.4, 0.5) is 5.69 Å². The number of sulfonamides is 1. The van der Waals surface area contributed by atoms with E-state index in [9.17, 15) is 8.42 Å². The molecule has 0 aromatic carbocycles. The summed E-state index contributed by atoms with van der Waals surface area (Å²) in [6.07, 6.45) is 8.61. The van der Waals surface area contributed by atoms with E-state index in [4.69, 9.17) is 0 Å². The highest BCUT2D eigenvalue weighted by atomic mass is 32.2. The van der Waals surface area contributed by atoms with Crippen molar-refractivity contribution in [3.8, 4) is 0 Å². The van der Waals surface area contributed by atoms with Gasteiger partial charge < -0.3 is 5.32 Å². The minimum atomic E-state index is -3.51. The van der Waals surface area contributed by atoms with Crippen LogP contribution in [0.3, 0.4) is 0 Å². The maximum Gasteiger partial charge on any atom is 0.244 e. The summed E-state index contributed by atoms with van der Waals surface area (Å²) in [6.45, 7) is 2.80. The molecule has 0 saturated heterocycles. The second-order valence-corrected chi connectivity index (χ2v) is 7.80. The van der Waals surface area contributed by atoms with Crippen LogP contribution in [-0.4, -0.2) is 26.0 Å². The number of pyridine rings is 1. The Bertz CT molecular complexity index is 583. The van der Waals surface area contributed by atoms with E-state index in [0.29, 0.717) is 17.5 Å². The van der Waals surface area contributed by atoms with E-state index in [1.165, 1.54) is 6.20 Å². The van der Waals surface area contributed by atoms with E-state index in [0.717, 1.165) is 38.6 Å². The summed E-state index contributed by atoms with van der Waals surface area (Å²) in [5.41, 5.74) is 0.643. The SMILES string of the molecule is CCCNc1ccncc1S(=O)(=O)NC(C1CC1)C1CC1. The summed E-state index contributed by atoms with van der Waals surface area (Å²) in [4.78, 5) is 4.26. The summed E-state index contributed by atoms with van der Waals surface area (Å²) in [5, 5.41) is 3.17. The Morgan fingerprint density at radius 3 is 2.52 bits per heavy atom. The first-order valence-corrected chi connectivity index (χ1v) is 9.30.